The smallest absolute Gasteiger partial charge is 0.397 e. The number of nitrogens with one attached hydrogen (secondary N) is 1. The molecule has 1 spiro atoms. The van der Waals surface area contributed by atoms with Crippen LogP contribution >= 0.6 is 12.9 Å². The number of aliphatic hydroxyl groups is 2. The summed E-state index contributed by atoms with van der Waals surface area (Å²) >= 11 is 3.34. The number of fused-ring (bicyclic) bond motifs is 3. The van der Waals surface area contributed by atoms with Crippen molar-refractivity contribution in [2.75, 3.05) is 19.6 Å². The van der Waals surface area contributed by atoms with Crippen LogP contribution in [0.4, 0.5) is 0 Å². The van der Waals surface area contributed by atoms with Crippen LogP contribution in [0.15, 0.2) is 12.2 Å². The van der Waals surface area contributed by atoms with Crippen LogP contribution in [0.25, 0.3) is 0 Å². The van der Waals surface area contributed by atoms with E-state index in [1.807, 2.05) is 0 Å². The van der Waals surface area contributed by atoms with E-state index in [-0.39, 0.29) is 42.7 Å². The summed E-state index contributed by atoms with van der Waals surface area (Å²) in [6, 6.07) is 0. The SMILES string of the molecule is C=C1C2CCC3C4(C)CC(O[C@H]5O[C@H](CNCCN)[C@@H](OOOOS)[C@@H](OS(=O)(=O)O)C5O)CC(C(=O)O)C4CCC3(C2)[C@H]1O. The molecule has 18 heteroatoms. The molecule has 5 aliphatic rings. The average molecular weight is 685 g/mol. The van der Waals surface area contributed by atoms with Crippen molar-refractivity contribution >= 4 is 29.3 Å². The van der Waals surface area contributed by atoms with Crippen LogP contribution in [-0.2, 0) is 48.1 Å². The number of nitrogens with two attached hydrogens (primary N) is 1. The van der Waals surface area contributed by atoms with Crippen LogP contribution < -0.4 is 11.1 Å². The molecule has 0 aromatic carbocycles. The third kappa shape index (κ3) is 6.82. The minimum Gasteiger partial charge on any atom is -0.481 e. The van der Waals surface area contributed by atoms with Crippen molar-refractivity contribution in [3.05, 3.63) is 12.2 Å². The van der Waals surface area contributed by atoms with Gasteiger partial charge < -0.3 is 35.8 Å². The zero-order valence-corrected chi connectivity index (χ0v) is 26.6. The van der Waals surface area contributed by atoms with E-state index in [4.69, 9.17) is 24.3 Å². The van der Waals surface area contributed by atoms with Gasteiger partial charge in [-0.1, -0.05) is 13.5 Å². The first kappa shape index (κ1) is 35.3. The van der Waals surface area contributed by atoms with E-state index in [1.54, 1.807) is 0 Å². The summed E-state index contributed by atoms with van der Waals surface area (Å²) in [6.45, 7) is 6.82. The number of thiol groups is 1. The average Bonchev–Trinajstić information content (AvgIpc) is 3.14. The van der Waals surface area contributed by atoms with Gasteiger partial charge in [-0.3, -0.25) is 9.35 Å². The fourth-order valence-electron chi connectivity index (χ4n) is 9.48. The Labute approximate surface area is 267 Å². The van der Waals surface area contributed by atoms with Gasteiger partial charge in [0.2, 0.25) is 0 Å². The van der Waals surface area contributed by atoms with Crippen molar-refractivity contribution in [3.63, 3.8) is 0 Å². The maximum atomic E-state index is 12.7. The summed E-state index contributed by atoms with van der Waals surface area (Å²) in [5, 5.41) is 44.6. The molecule has 16 nitrogen and oxygen atoms in total. The molecular weight excluding hydrogens is 640 g/mol. The highest BCUT2D eigenvalue weighted by molar-refractivity contribution is 7.80. The largest absolute Gasteiger partial charge is 0.481 e. The number of ether oxygens (including phenoxy) is 2. The third-order valence-corrected chi connectivity index (χ3v) is 11.7. The van der Waals surface area contributed by atoms with Crippen LogP contribution in [0.3, 0.4) is 0 Å². The lowest BCUT2D eigenvalue weighted by atomic mass is 9.43. The molecule has 0 aromatic rings. The number of rotatable bonds is 13. The summed E-state index contributed by atoms with van der Waals surface area (Å²) in [7, 11) is -5.14. The number of aliphatic carboxylic acids is 1. The lowest BCUT2D eigenvalue weighted by molar-refractivity contribution is -0.620. The topological polar surface area (TPSA) is 235 Å². The highest BCUT2D eigenvalue weighted by Gasteiger charge is 2.67. The van der Waals surface area contributed by atoms with E-state index in [0.29, 0.717) is 19.4 Å². The second kappa shape index (κ2) is 13.9. The monoisotopic (exact) mass is 684 g/mol. The highest BCUT2D eigenvalue weighted by atomic mass is 32.3. The Morgan fingerprint density at radius 2 is 1.96 bits per heavy atom. The molecular formula is C27H44N2O14S2. The summed E-state index contributed by atoms with van der Waals surface area (Å²) < 4.78 is 54.3. The predicted octanol–water partition coefficient (Wildman–Crippen LogP) is 0.463. The molecule has 13 atom stereocenters. The molecule has 7 N–H and O–H groups in total. The molecule has 1 heterocycles. The van der Waals surface area contributed by atoms with Crippen LogP contribution in [0.1, 0.15) is 51.9 Å². The van der Waals surface area contributed by atoms with Crippen molar-refractivity contribution in [3.8, 4) is 0 Å². The molecule has 4 saturated carbocycles. The van der Waals surface area contributed by atoms with Crippen LogP contribution in [0, 0.1) is 34.5 Å². The quantitative estimate of drug-likeness (QED) is 0.0204. The third-order valence-electron chi connectivity index (χ3n) is 11.1. The Morgan fingerprint density at radius 1 is 1.20 bits per heavy atom. The minimum atomic E-state index is -5.14. The van der Waals surface area contributed by atoms with Gasteiger partial charge in [-0.05, 0) is 83.8 Å². The molecule has 45 heavy (non-hydrogen) atoms. The molecule has 1 aliphatic heterocycles. The van der Waals surface area contributed by atoms with Gasteiger partial charge in [-0.25, -0.2) is 4.18 Å². The van der Waals surface area contributed by atoms with Gasteiger partial charge in [0.15, 0.2) is 12.4 Å². The predicted molar refractivity (Wildman–Crippen MR) is 155 cm³/mol. The van der Waals surface area contributed by atoms with E-state index < -0.39 is 70.6 Å². The van der Waals surface area contributed by atoms with Crippen LogP contribution in [0.5, 0.6) is 0 Å². The summed E-state index contributed by atoms with van der Waals surface area (Å²) in [5.74, 6) is -1.61. The van der Waals surface area contributed by atoms with E-state index in [1.165, 1.54) is 0 Å². The van der Waals surface area contributed by atoms with E-state index >= 15 is 0 Å². The van der Waals surface area contributed by atoms with Gasteiger partial charge in [0.05, 0.1) is 18.1 Å². The van der Waals surface area contributed by atoms with Crippen molar-refractivity contribution in [1.82, 2.24) is 5.32 Å². The van der Waals surface area contributed by atoms with Gasteiger partial charge in [-0.15, -0.1) is 4.33 Å². The van der Waals surface area contributed by atoms with Gasteiger partial charge in [0.25, 0.3) is 0 Å². The van der Waals surface area contributed by atoms with Gasteiger partial charge in [0.1, 0.15) is 18.3 Å². The van der Waals surface area contributed by atoms with Crippen LogP contribution in [0.2, 0.25) is 0 Å². The van der Waals surface area contributed by atoms with Gasteiger partial charge in [-0.2, -0.15) is 13.3 Å². The van der Waals surface area contributed by atoms with Gasteiger partial charge >= 0.3 is 16.4 Å². The Morgan fingerprint density at radius 3 is 2.62 bits per heavy atom. The van der Waals surface area contributed by atoms with E-state index in [2.05, 4.69) is 46.1 Å². The molecule has 0 amide bonds. The van der Waals surface area contributed by atoms with Crippen molar-refractivity contribution in [2.24, 2.45) is 40.2 Å². The zero-order chi connectivity index (χ0) is 32.7. The summed E-state index contributed by atoms with van der Waals surface area (Å²) in [4.78, 5) is 17.7. The number of carboxylic acids is 1. The molecule has 0 radical (unpaired) electrons. The van der Waals surface area contributed by atoms with Crippen molar-refractivity contribution in [2.45, 2.75) is 94.8 Å². The molecule has 5 rings (SSSR count). The molecule has 258 valence electrons. The zero-order valence-electron chi connectivity index (χ0n) is 24.9. The Balaban J connectivity index is 1.42. The first-order valence-corrected chi connectivity index (χ1v) is 16.9. The molecule has 0 aromatic heterocycles. The summed E-state index contributed by atoms with van der Waals surface area (Å²) in [6.07, 6.45) is -4.85. The number of hydrogen-bond donors (Lipinski definition) is 7. The molecule has 5 fully saturated rings. The maximum Gasteiger partial charge on any atom is 0.397 e. The van der Waals surface area contributed by atoms with E-state index in [0.717, 1.165) is 31.3 Å². The second-order valence-electron chi connectivity index (χ2n) is 13.3. The lowest BCUT2D eigenvalue weighted by Gasteiger charge is -2.62. The first-order valence-electron chi connectivity index (χ1n) is 15.2. The Kier molecular flexibility index (Phi) is 10.9. The molecule has 2 bridgehead atoms. The standard InChI is InChI=1S/C27H44N2O14S2/c1-13-14-3-4-19-26(2)11-15(9-16(24(32)33)17(26)5-6-27(19,10-14)23(13)31)37-25-20(30)22(40-45(34,35)36)21(39-41-42-43-44)18(38-25)12-29-8-7-28/h14-23,25,29-31,44H,1,3-12,28H2,2H3,(H,32,33)(H,34,35,36)/t14?,15?,16?,17?,18-,19?,20?,21-,22+,23+,25+,26?,27?/m1/s1. The van der Waals surface area contributed by atoms with Crippen LogP contribution in [-0.4, -0.2) is 96.8 Å². The Bertz CT molecular complexity index is 1200. The lowest BCUT2D eigenvalue weighted by Crippen LogP contribution is -2.64. The molecule has 1 saturated heterocycles. The summed E-state index contributed by atoms with van der Waals surface area (Å²) in [5.41, 5.74) is 5.53. The molecule has 4 aliphatic carbocycles. The van der Waals surface area contributed by atoms with Gasteiger partial charge in [0, 0.05) is 38.0 Å². The number of aliphatic hydroxyl groups excluding tert-OH is 2. The van der Waals surface area contributed by atoms with E-state index in [9.17, 15) is 33.1 Å². The molecule has 8 unspecified atom stereocenters. The fraction of sp³-hybridized carbons (Fsp3) is 0.889. The first-order chi connectivity index (χ1) is 21.3. The number of hydrogen-bond acceptors (Lipinski definition) is 15. The number of carbonyl (C=O) groups is 1. The number of carboxylic acid groups (broad SMARTS) is 1. The van der Waals surface area contributed by atoms with Crippen molar-refractivity contribution in [1.29, 1.82) is 0 Å². The Hall–Kier alpha value is -0.970. The normalized spacial score (nSPS) is 44.8. The maximum absolute atomic E-state index is 12.7. The second-order valence-corrected chi connectivity index (χ2v) is 14.5. The minimum absolute atomic E-state index is 0.0208. The highest BCUT2D eigenvalue weighted by Crippen LogP contribution is 2.70. The van der Waals surface area contributed by atoms with Crippen molar-refractivity contribution < 1.29 is 66.0 Å². The fourth-order valence-corrected chi connectivity index (χ4v) is 10.0.